The van der Waals surface area contributed by atoms with Crippen molar-refractivity contribution in [3.8, 4) is 0 Å². The number of carbonyl (C=O) groups is 2. The second kappa shape index (κ2) is 6.97. The molecule has 1 aliphatic carbocycles. The number of urea groups is 1. The Morgan fingerprint density at radius 2 is 1.48 bits per heavy atom. The third kappa shape index (κ3) is 4.38. The molecule has 130 valence electrons. The minimum atomic E-state index is -0.217. The highest BCUT2D eigenvalue weighted by Crippen LogP contribution is 2.47. The van der Waals surface area contributed by atoms with Gasteiger partial charge >= 0.3 is 6.03 Å². The van der Waals surface area contributed by atoms with Gasteiger partial charge in [-0.15, -0.1) is 0 Å². The summed E-state index contributed by atoms with van der Waals surface area (Å²) in [5.41, 5.74) is 4.01. The van der Waals surface area contributed by atoms with E-state index >= 15 is 0 Å². The van der Waals surface area contributed by atoms with Crippen molar-refractivity contribution in [2.24, 2.45) is 0 Å². The third-order valence-corrected chi connectivity index (χ3v) is 4.57. The number of benzene rings is 2. The van der Waals surface area contributed by atoms with E-state index in [0.717, 1.165) is 12.8 Å². The van der Waals surface area contributed by atoms with Crippen LogP contribution in [0.1, 0.15) is 30.9 Å². The lowest BCUT2D eigenvalue weighted by Crippen LogP contribution is -2.35. The maximum Gasteiger partial charge on any atom is 0.319 e. The van der Waals surface area contributed by atoms with Gasteiger partial charge in [0.1, 0.15) is 0 Å². The molecule has 0 aromatic heterocycles. The minimum absolute atomic E-state index is 0.0836. The molecule has 0 radical (unpaired) electrons. The average Bonchev–Trinajstić information content (AvgIpc) is 3.36. The lowest BCUT2D eigenvalue weighted by molar-refractivity contribution is -0.114. The van der Waals surface area contributed by atoms with Crippen LogP contribution in [-0.2, 0) is 10.2 Å². The van der Waals surface area contributed by atoms with Crippen LogP contribution in [-0.4, -0.2) is 18.5 Å². The quantitative estimate of drug-likeness (QED) is 0.776. The first kappa shape index (κ1) is 17.0. The molecule has 0 saturated heterocycles. The van der Waals surface area contributed by atoms with Crippen molar-refractivity contribution in [2.45, 2.75) is 32.1 Å². The van der Waals surface area contributed by atoms with E-state index in [2.05, 4.69) is 47.1 Å². The van der Waals surface area contributed by atoms with E-state index in [9.17, 15) is 9.59 Å². The van der Waals surface area contributed by atoms with Gasteiger partial charge in [-0.3, -0.25) is 4.79 Å². The molecule has 0 unspecified atom stereocenters. The summed E-state index contributed by atoms with van der Waals surface area (Å²) in [5.74, 6) is -0.121. The van der Waals surface area contributed by atoms with Crippen LogP contribution in [0, 0.1) is 6.92 Å². The lowest BCUT2D eigenvalue weighted by Gasteiger charge is -2.17. The number of rotatable bonds is 5. The molecule has 3 N–H and O–H groups in total. The Morgan fingerprint density at radius 3 is 2.00 bits per heavy atom. The SMILES string of the molecule is CC(=O)Nc1ccc(NC(=O)NCC2(c3ccc(C)cc3)CC2)cc1. The Labute approximate surface area is 147 Å². The van der Waals surface area contributed by atoms with Crippen molar-refractivity contribution in [1.29, 1.82) is 0 Å². The van der Waals surface area contributed by atoms with Gasteiger partial charge in [0.2, 0.25) is 5.91 Å². The third-order valence-electron chi connectivity index (χ3n) is 4.57. The number of carbonyl (C=O) groups excluding carboxylic acids is 2. The van der Waals surface area contributed by atoms with E-state index in [0.29, 0.717) is 17.9 Å². The van der Waals surface area contributed by atoms with Crippen LogP contribution in [0.15, 0.2) is 48.5 Å². The highest BCUT2D eigenvalue weighted by molar-refractivity contribution is 5.91. The van der Waals surface area contributed by atoms with E-state index < -0.39 is 0 Å². The van der Waals surface area contributed by atoms with Crippen LogP contribution in [0.2, 0.25) is 0 Å². The van der Waals surface area contributed by atoms with E-state index in [1.165, 1.54) is 18.1 Å². The second-order valence-corrected chi connectivity index (χ2v) is 6.71. The van der Waals surface area contributed by atoms with Gasteiger partial charge in [-0.25, -0.2) is 4.79 Å². The van der Waals surface area contributed by atoms with Crippen molar-refractivity contribution in [1.82, 2.24) is 5.32 Å². The van der Waals surface area contributed by atoms with Gasteiger partial charge in [-0.05, 0) is 49.6 Å². The highest BCUT2D eigenvalue weighted by atomic mass is 16.2. The van der Waals surface area contributed by atoms with Crippen molar-refractivity contribution in [3.63, 3.8) is 0 Å². The summed E-state index contributed by atoms with van der Waals surface area (Å²) in [6.07, 6.45) is 2.20. The van der Waals surface area contributed by atoms with Gasteiger partial charge in [0.05, 0.1) is 0 Å². The molecule has 5 nitrogen and oxygen atoms in total. The molecule has 3 rings (SSSR count). The van der Waals surface area contributed by atoms with Gasteiger partial charge in [0.25, 0.3) is 0 Å². The van der Waals surface area contributed by atoms with E-state index in [4.69, 9.17) is 0 Å². The van der Waals surface area contributed by atoms with Gasteiger partial charge < -0.3 is 16.0 Å². The van der Waals surface area contributed by atoms with Crippen molar-refractivity contribution in [2.75, 3.05) is 17.2 Å². The fraction of sp³-hybridized carbons (Fsp3) is 0.300. The molecule has 0 atom stereocenters. The molecular weight excluding hydrogens is 314 g/mol. The summed E-state index contributed by atoms with van der Waals surface area (Å²) in [4.78, 5) is 23.1. The van der Waals surface area contributed by atoms with Crippen molar-refractivity contribution >= 4 is 23.3 Å². The normalized spacial score (nSPS) is 14.5. The summed E-state index contributed by atoms with van der Waals surface area (Å²) in [7, 11) is 0. The van der Waals surface area contributed by atoms with Gasteiger partial charge in [0.15, 0.2) is 0 Å². The number of hydrogen-bond acceptors (Lipinski definition) is 2. The first-order chi connectivity index (χ1) is 12.0. The standard InChI is InChI=1S/C20H23N3O2/c1-14-3-5-16(6-4-14)20(11-12-20)13-21-19(25)23-18-9-7-17(8-10-18)22-15(2)24/h3-10H,11-13H2,1-2H3,(H,22,24)(H2,21,23,25). The Morgan fingerprint density at radius 1 is 0.920 bits per heavy atom. The van der Waals surface area contributed by atoms with Crippen LogP contribution in [0.25, 0.3) is 0 Å². The lowest BCUT2D eigenvalue weighted by atomic mass is 9.95. The van der Waals surface area contributed by atoms with Crippen molar-refractivity contribution < 1.29 is 9.59 Å². The zero-order valence-electron chi connectivity index (χ0n) is 14.6. The summed E-state index contributed by atoms with van der Waals surface area (Å²) < 4.78 is 0. The zero-order chi connectivity index (χ0) is 17.9. The molecule has 0 aliphatic heterocycles. The second-order valence-electron chi connectivity index (χ2n) is 6.71. The zero-order valence-corrected chi connectivity index (χ0v) is 14.6. The maximum absolute atomic E-state index is 12.1. The van der Waals surface area contributed by atoms with Gasteiger partial charge in [0, 0.05) is 30.3 Å². The molecule has 25 heavy (non-hydrogen) atoms. The maximum atomic E-state index is 12.1. The monoisotopic (exact) mass is 337 g/mol. The summed E-state index contributed by atoms with van der Waals surface area (Å²) in [6.45, 7) is 4.17. The smallest absolute Gasteiger partial charge is 0.319 e. The predicted octanol–water partition coefficient (Wildman–Crippen LogP) is 3.81. The summed E-state index contributed by atoms with van der Waals surface area (Å²) in [6, 6.07) is 15.4. The van der Waals surface area contributed by atoms with E-state index in [1.54, 1.807) is 24.3 Å². The predicted molar refractivity (Wildman–Crippen MR) is 99.9 cm³/mol. The largest absolute Gasteiger partial charge is 0.337 e. The molecular formula is C20H23N3O2. The summed E-state index contributed by atoms with van der Waals surface area (Å²) in [5, 5.41) is 8.49. The molecule has 2 aromatic carbocycles. The molecule has 2 aromatic rings. The van der Waals surface area contributed by atoms with Crippen LogP contribution in [0.3, 0.4) is 0 Å². The summed E-state index contributed by atoms with van der Waals surface area (Å²) >= 11 is 0. The van der Waals surface area contributed by atoms with Crippen LogP contribution >= 0.6 is 0 Å². The Balaban J connectivity index is 1.53. The fourth-order valence-electron chi connectivity index (χ4n) is 2.89. The molecule has 1 saturated carbocycles. The van der Waals surface area contributed by atoms with Crippen LogP contribution in [0.5, 0.6) is 0 Å². The highest BCUT2D eigenvalue weighted by Gasteiger charge is 2.44. The first-order valence-corrected chi connectivity index (χ1v) is 8.47. The molecule has 0 bridgehead atoms. The van der Waals surface area contributed by atoms with E-state index in [1.807, 2.05) is 0 Å². The molecule has 1 aliphatic rings. The molecule has 1 fully saturated rings. The van der Waals surface area contributed by atoms with Gasteiger partial charge in [-0.2, -0.15) is 0 Å². The minimum Gasteiger partial charge on any atom is -0.337 e. The Bertz CT molecular complexity index is 763. The number of nitrogens with one attached hydrogen (secondary N) is 3. The Kier molecular flexibility index (Phi) is 4.74. The van der Waals surface area contributed by atoms with Crippen LogP contribution < -0.4 is 16.0 Å². The molecule has 5 heteroatoms. The average molecular weight is 337 g/mol. The Hall–Kier alpha value is -2.82. The number of aryl methyl sites for hydroxylation is 1. The van der Waals surface area contributed by atoms with E-state index in [-0.39, 0.29) is 17.4 Å². The number of hydrogen-bond donors (Lipinski definition) is 3. The van der Waals surface area contributed by atoms with Gasteiger partial charge in [-0.1, -0.05) is 29.8 Å². The van der Waals surface area contributed by atoms with Crippen LogP contribution in [0.4, 0.5) is 16.2 Å². The molecule has 0 heterocycles. The first-order valence-electron chi connectivity index (χ1n) is 8.47. The fourth-order valence-corrected chi connectivity index (χ4v) is 2.89. The van der Waals surface area contributed by atoms with Crippen molar-refractivity contribution in [3.05, 3.63) is 59.7 Å². The number of anilines is 2. The molecule has 0 spiro atoms. The number of amides is 3. The molecule has 3 amide bonds. The topological polar surface area (TPSA) is 70.2 Å².